The molecule has 34 heavy (non-hydrogen) atoms. The van der Waals surface area contributed by atoms with Crippen LogP contribution in [-0.2, 0) is 11.2 Å². The first kappa shape index (κ1) is 23.1. The van der Waals surface area contributed by atoms with Crippen molar-refractivity contribution in [3.05, 3.63) is 71.7 Å². The van der Waals surface area contributed by atoms with Gasteiger partial charge in [0.05, 0.1) is 11.8 Å². The van der Waals surface area contributed by atoms with Crippen LogP contribution in [0.4, 0.5) is 15.8 Å². The molecule has 2 atom stereocenters. The van der Waals surface area contributed by atoms with Crippen molar-refractivity contribution in [3.63, 3.8) is 0 Å². The van der Waals surface area contributed by atoms with Gasteiger partial charge in [-0.05, 0) is 61.4 Å². The molecule has 0 aromatic heterocycles. The molecule has 1 N–H and O–H groups in total. The van der Waals surface area contributed by atoms with Gasteiger partial charge in [-0.2, -0.15) is 0 Å². The molecule has 0 amide bonds. The van der Waals surface area contributed by atoms with Crippen molar-refractivity contribution in [1.29, 1.82) is 0 Å². The van der Waals surface area contributed by atoms with E-state index >= 15 is 4.39 Å². The minimum atomic E-state index is -0.181. The molecule has 180 valence electrons. The van der Waals surface area contributed by atoms with Gasteiger partial charge in [0.1, 0.15) is 5.82 Å². The molecule has 4 nitrogen and oxygen atoms in total. The molecular formula is C29H36FN3O. The van der Waals surface area contributed by atoms with Crippen molar-refractivity contribution in [2.45, 2.75) is 64.1 Å². The zero-order valence-corrected chi connectivity index (χ0v) is 20.4. The largest absolute Gasteiger partial charge is 0.378 e. The predicted octanol–water partition coefficient (Wildman–Crippen LogP) is 5.98. The van der Waals surface area contributed by atoms with Gasteiger partial charge in [-0.15, -0.1) is 0 Å². The number of halogens is 1. The van der Waals surface area contributed by atoms with E-state index in [0.717, 1.165) is 55.9 Å². The molecule has 2 aromatic carbocycles. The van der Waals surface area contributed by atoms with Gasteiger partial charge < -0.3 is 19.9 Å². The highest BCUT2D eigenvalue weighted by Crippen LogP contribution is 2.35. The van der Waals surface area contributed by atoms with Crippen molar-refractivity contribution >= 4 is 23.1 Å². The molecule has 0 radical (unpaired) electrons. The summed E-state index contributed by atoms with van der Waals surface area (Å²) in [6.07, 6.45) is 10.0. The zero-order valence-electron chi connectivity index (χ0n) is 20.4. The second kappa shape index (κ2) is 9.93. The lowest BCUT2D eigenvalue weighted by atomic mass is 9.95. The summed E-state index contributed by atoms with van der Waals surface area (Å²) in [4.78, 5) is 4.13. The second-order valence-corrected chi connectivity index (χ2v) is 10.1. The van der Waals surface area contributed by atoms with E-state index in [0.29, 0.717) is 23.9 Å². The Hall–Kier alpha value is -2.63. The first-order valence-electron chi connectivity index (χ1n) is 12.7. The second-order valence-electron chi connectivity index (χ2n) is 10.1. The van der Waals surface area contributed by atoms with Crippen LogP contribution in [0, 0.1) is 5.82 Å². The van der Waals surface area contributed by atoms with Gasteiger partial charge in [-0.25, -0.2) is 4.39 Å². The summed E-state index contributed by atoms with van der Waals surface area (Å²) in [5.74, 6) is -0.181. The number of rotatable bonds is 7. The van der Waals surface area contributed by atoms with Gasteiger partial charge in [0.25, 0.3) is 0 Å². The van der Waals surface area contributed by atoms with Crippen LogP contribution in [0.15, 0.2) is 49.2 Å². The van der Waals surface area contributed by atoms with Gasteiger partial charge in [0, 0.05) is 61.0 Å². The average molecular weight is 462 g/mol. The molecule has 2 unspecified atom stereocenters. The summed E-state index contributed by atoms with van der Waals surface area (Å²) in [6, 6.07) is 13.0. The third-order valence-corrected chi connectivity index (χ3v) is 7.21. The van der Waals surface area contributed by atoms with Crippen LogP contribution in [0.2, 0.25) is 0 Å². The van der Waals surface area contributed by atoms with Crippen LogP contribution < -0.4 is 15.1 Å². The standard InChI is InChI=1S/C29H36FN3O/c1-20(2)31-24-13-14-32(19-24)29-11-8-25(18-28(29)30)33-15-12-23-17-22(7-10-27(23)21(33)3)6-9-26-5-4-16-34-26/h7-8,10-12,15,17-18,20,24,26,31H,3-6,9,13-14,16,19H2,1-2H3. The summed E-state index contributed by atoms with van der Waals surface area (Å²) in [5, 5.41) is 3.57. The van der Waals surface area contributed by atoms with E-state index in [1.165, 1.54) is 24.0 Å². The maximum atomic E-state index is 15.2. The summed E-state index contributed by atoms with van der Waals surface area (Å²) in [5.41, 5.74) is 5.94. The fraction of sp³-hybridized carbons (Fsp3) is 0.448. The quantitative estimate of drug-likeness (QED) is 0.549. The number of hydrogen-bond donors (Lipinski definition) is 1. The van der Waals surface area contributed by atoms with E-state index in [2.05, 4.69) is 54.9 Å². The molecule has 0 saturated carbocycles. The fourth-order valence-electron chi connectivity index (χ4n) is 5.47. The van der Waals surface area contributed by atoms with Crippen LogP contribution in [0.3, 0.4) is 0 Å². The molecule has 0 spiro atoms. The Labute approximate surface area is 203 Å². The van der Waals surface area contributed by atoms with E-state index in [1.54, 1.807) is 6.07 Å². The molecule has 0 bridgehead atoms. The Morgan fingerprint density at radius 2 is 2.06 bits per heavy atom. The maximum absolute atomic E-state index is 15.2. The van der Waals surface area contributed by atoms with E-state index < -0.39 is 0 Å². The van der Waals surface area contributed by atoms with Crippen LogP contribution >= 0.6 is 0 Å². The summed E-state index contributed by atoms with van der Waals surface area (Å²) in [6.45, 7) is 11.3. The highest BCUT2D eigenvalue weighted by atomic mass is 19.1. The number of benzene rings is 2. The Kier molecular flexibility index (Phi) is 6.75. The summed E-state index contributed by atoms with van der Waals surface area (Å²) >= 11 is 0. The number of aryl methyl sites for hydroxylation is 1. The number of ether oxygens (including phenoxy) is 1. The number of hydrogen-bond acceptors (Lipinski definition) is 4. The lowest BCUT2D eigenvalue weighted by Gasteiger charge is -2.29. The van der Waals surface area contributed by atoms with Gasteiger partial charge in [-0.3, -0.25) is 0 Å². The Bertz CT molecular complexity index is 1070. The first-order chi connectivity index (χ1) is 16.5. The Morgan fingerprint density at radius 3 is 2.82 bits per heavy atom. The third kappa shape index (κ3) is 4.91. The van der Waals surface area contributed by atoms with E-state index in [4.69, 9.17) is 4.74 Å². The lowest BCUT2D eigenvalue weighted by Crippen LogP contribution is -2.37. The monoisotopic (exact) mass is 461 g/mol. The highest BCUT2D eigenvalue weighted by molar-refractivity contribution is 5.89. The molecular weight excluding hydrogens is 425 g/mol. The van der Waals surface area contributed by atoms with Crippen molar-refractivity contribution in [1.82, 2.24) is 5.32 Å². The molecule has 0 aliphatic carbocycles. The Balaban J connectivity index is 1.27. The van der Waals surface area contributed by atoms with Crippen molar-refractivity contribution < 1.29 is 9.13 Å². The first-order valence-corrected chi connectivity index (χ1v) is 12.7. The van der Waals surface area contributed by atoms with Gasteiger partial charge in [0.2, 0.25) is 0 Å². The number of fused-ring (bicyclic) bond motifs is 1. The summed E-state index contributed by atoms with van der Waals surface area (Å²) in [7, 11) is 0. The smallest absolute Gasteiger partial charge is 0.148 e. The molecule has 3 aliphatic heterocycles. The van der Waals surface area contributed by atoms with Crippen molar-refractivity contribution in [2.75, 3.05) is 29.5 Å². The normalized spacial score (nSPS) is 22.2. The Morgan fingerprint density at radius 1 is 1.18 bits per heavy atom. The molecule has 2 fully saturated rings. The van der Waals surface area contributed by atoms with E-state index in [9.17, 15) is 0 Å². The summed E-state index contributed by atoms with van der Waals surface area (Å²) < 4.78 is 20.9. The van der Waals surface area contributed by atoms with E-state index in [1.807, 2.05) is 23.2 Å². The van der Waals surface area contributed by atoms with Crippen LogP contribution in [0.5, 0.6) is 0 Å². The molecule has 5 rings (SSSR count). The number of nitrogens with one attached hydrogen (secondary N) is 1. The molecule has 2 saturated heterocycles. The molecule has 2 aromatic rings. The molecule has 3 heterocycles. The topological polar surface area (TPSA) is 27.7 Å². The minimum absolute atomic E-state index is 0.181. The maximum Gasteiger partial charge on any atom is 0.148 e. The van der Waals surface area contributed by atoms with Gasteiger partial charge >= 0.3 is 0 Å². The lowest BCUT2D eigenvalue weighted by molar-refractivity contribution is 0.104. The van der Waals surface area contributed by atoms with Crippen LogP contribution in [0.1, 0.15) is 56.2 Å². The third-order valence-electron chi connectivity index (χ3n) is 7.21. The van der Waals surface area contributed by atoms with Gasteiger partial charge in [0.15, 0.2) is 0 Å². The SMILES string of the molecule is C=C1c2ccc(CCC3CCCO3)cc2C=CN1c1ccc(N2CCC(NC(C)C)C2)c(F)c1. The zero-order chi connectivity index (χ0) is 23.7. The van der Waals surface area contributed by atoms with Crippen molar-refractivity contribution in [3.8, 4) is 0 Å². The van der Waals surface area contributed by atoms with Crippen molar-refractivity contribution in [2.24, 2.45) is 0 Å². The predicted molar refractivity (Wildman–Crippen MR) is 140 cm³/mol. The average Bonchev–Trinajstić information content (AvgIpc) is 3.50. The minimum Gasteiger partial charge on any atom is -0.378 e. The molecule has 5 heteroatoms. The van der Waals surface area contributed by atoms with Crippen LogP contribution in [-0.4, -0.2) is 37.9 Å². The number of nitrogens with zero attached hydrogens (tertiary/aromatic N) is 2. The van der Waals surface area contributed by atoms with E-state index in [-0.39, 0.29) is 5.82 Å². The van der Waals surface area contributed by atoms with Gasteiger partial charge in [-0.1, -0.05) is 38.6 Å². The molecule has 3 aliphatic rings. The highest BCUT2D eigenvalue weighted by Gasteiger charge is 2.26. The fourth-order valence-corrected chi connectivity index (χ4v) is 5.47. The number of anilines is 2. The van der Waals surface area contributed by atoms with Crippen LogP contribution in [0.25, 0.3) is 11.8 Å².